The molecule has 0 radical (unpaired) electrons. The minimum atomic E-state index is -0.317. The minimum absolute atomic E-state index is 0.0691. The first kappa shape index (κ1) is 19.5. The van der Waals surface area contributed by atoms with E-state index in [9.17, 15) is 9.59 Å². The lowest BCUT2D eigenvalue weighted by Gasteiger charge is -2.16. The van der Waals surface area contributed by atoms with Crippen LogP contribution in [-0.2, 0) is 9.59 Å². The lowest BCUT2D eigenvalue weighted by molar-refractivity contribution is -0.131. The Hall–Kier alpha value is -2.22. The molecule has 0 aliphatic heterocycles. The van der Waals surface area contributed by atoms with Gasteiger partial charge in [-0.15, -0.1) is 0 Å². The standard InChI is InChI=1S/C18H16Cl2N4O2S/c1-24(9-16(25)21-13-5-3-2-4-12(13)20)17(26)10-27-18-22-14-7-6-11(19)8-15(14)23-18/h2-8H,9-10H2,1H3,(H,21,25)(H,22,23). The van der Waals surface area contributed by atoms with Crippen molar-refractivity contribution in [2.24, 2.45) is 0 Å². The van der Waals surface area contributed by atoms with Crippen molar-refractivity contribution in [2.75, 3.05) is 24.7 Å². The van der Waals surface area contributed by atoms with Crippen LogP contribution in [0, 0.1) is 0 Å². The number of amides is 2. The van der Waals surface area contributed by atoms with E-state index in [4.69, 9.17) is 23.2 Å². The lowest BCUT2D eigenvalue weighted by Crippen LogP contribution is -2.36. The summed E-state index contributed by atoms with van der Waals surface area (Å²) in [5.41, 5.74) is 2.10. The van der Waals surface area contributed by atoms with Crippen LogP contribution in [-0.4, -0.2) is 46.0 Å². The number of H-pyrrole nitrogens is 1. The number of nitrogens with one attached hydrogen (secondary N) is 2. The van der Waals surface area contributed by atoms with Crippen molar-refractivity contribution in [1.82, 2.24) is 14.9 Å². The molecule has 0 spiro atoms. The van der Waals surface area contributed by atoms with E-state index in [2.05, 4.69) is 15.3 Å². The van der Waals surface area contributed by atoms with E-state index in [-0.39, 0.29) is 24.1 Å². The molecule has 2 aromatic carbocycles. The van der Waals surface area contributed by atoms with Crippen molar-refractivity contribution < 1.29 is 9.59 Å². The third-order valence-electron chi connectivity index (χ3n) is 3.71. The molecule has 0 saturated carbocycles. The molecule has 140 valence electrons. The molecule has 0 fully saturated rings. The summed E-state index contributed by atoms with van der Waals surface area (Å²) in [4.78, 5) is 33.2. The summed E-state index contributed by atoms with van der Waals surface area (Å²) in [6, 6.07) is 12.3. The van der Waals surface area contributed by atoms with Gasteiger partial charge in [0, 0.05) is 12.1 Å². The second kappa shape index (κ2) is 8.65. The normalized spacial score (nSPS) is 10.8. The molecule has 1 aromatic heterocycles. The van der Waals surface area contributed by atoms with E-state index in [0.717, 1.165) is 11.0 Å². The van der Waals surface area contributed by atoms with Crippen LogP contribution < -0.4 is 5.32 Å². The van der Waals surface area contributed by atoms with Gasteiger partial charge < -0.3 is 15.2 Å². The molecule has 0 atom stereocenters. The summed E-state index contributed by atoms with van der Waals surface area (Å²) in [6.07, 6.45) is 0. The number of fused-ring (bicyclic) bond motifs is 1. The molecular formula is C18H16Cl2N4O2S. The number of hydrogen-bond donors (Lipinski definition) is 2. The van der Waals surface area contributed by atoms with Crippen molar-refractivity contribution in [3.63, 3.8) is 0 Å². The quantitative estimate of drug-likeness (QED) is 0.587. The Morgan fingerprint density at radius 1 is 1.22 bits per heavy atom. The van der Waals surface area contributed by atoms with Crippen LogP contribution in [0.25, 0.3) is 11.0 Å². The van der Waals surface area contributed by atoms with Gasteiger partial charge in [0.2, 0.25) is 11.8 Å². The molecule has 3 rings (SSSR count). The van der Waals surface area contributed by atoms with Gasteiger partial charge in [-0.3, -0.25) is 9.59 Å². The van der Waals surface area contributed by atoms with E-state index in [0.29, 0.717) is 20.9 Å². The predicted molar refractivity (Wildman–Crippen MR) is 110 cm³/mol. The molecule has 0 bridgehead atoms. The van der Waals surface area contributed by atoms with Gasteiger partial charge in [-0.2, -0.15) is 0 Å². The maximum Gasteiger partial charge on any atom is 0.244 e. The Labute approximate surface area is 170 Å². The van der Waals surface area contributed by atoms with Gasteiger partial charge in [-0.25, -0.2) is 4.98 Å². The van der Waals surface area contributed by atoms with E-state index in [1.54, 1.807) is 43.4 Å². The van der Waals surface area contributed by atoms with Crippen molar-refractivity contribution in [3.05, 3.63) is 52.5 Å². The van der Waals surface area contributed by atoms with Gasteiger partial charge in [-0.1, -0.05) is 47.1 Å². The topological polar surface area (TPSA) is 78.1 Å². The third-order valence-corrected chi connectivity index (χ3v) is 5.13. The van der Waals surface area contributed by atoms with Crippen LogP contribution in [0.5, 0.6) is 0 Å². The van der Waals surface area contributed by atoms with Crippen LogP contribution in [0.1, 0.15) is 0 Å². The highest BCUT2D eigenvalue weighted by Crippen LogP contribution is 2.23. The van der Waals surface area contributed by atoms with Gasteiger partial charge in [0.05, 0.1) is 34.0 Å². The molecule has 2 N–H and O–H groups in total. The average molecular weight is 423 g/mol. The van der Waals surface area contributed by atoms with Crippen LogP contribution in [0.3, 0.4) is 0 Å². The van der Waals surface area contributed by atoms with E-state index < -0.39 is 0 Å². The summed E-state index contributed by atoms with van der Waals surface area (Å²) < 4.78 is 0. The first-order valence-electron chi connectivity index (χ1n) is 7.99. The number of hydrogen-bond acceptors (Lipinski definition) is 4. The van der Waals surface area contributed by atoms with Gasteiger partial charge in [0.15, 0.2) is 5.16 Å². The fourth-order valence-electron chi connectivity index (χ4n) is 2.32. The molecular weight excluding hydrogens is 407 g/mol. The molecule has 0 aliphatic carbocycles. The Morgan fingerprint density at radius 2 is 2.00 bits per heavy atom. The smallest absolute Gasteiger partial charge is 0.244 e. The van der Waals surface area contributed by atoms with Crippen molar-refractivity contribution in [3.8, 4) is 0 Å². The number of likely N-dealkylation sites (N-methyl/N-ethyl adjacent to an activating group) is 1. The highest BCUT2D eigenvalue weighted by atomic mass is 35.5. The Bertz CT molecular complexity index is 992. The molecule has 2 amide bonds. The number of imidazole rings is 1. The summed E-state index contributed by atoms with van der Waals surface area (Å²) >= 11 is 13.2. The zero-order chi connectivity index (χ0) is 19.4. The molecule has 6 nitrogen and oxygen atoms in total. The number of carbonyl (C=O) groups excluding carboxylic acids is 2. The van der Waals surface area contributed by atoms with Crippen molar-refractivity contribution >= 4 is 63.5 Å². The van der Waals surface area contributed by atoms with Crippen LogP contribution in [0.4, 0.5) is 5.69 Å². The van der Waals surface area contributed by atoms with Crippen LogP contribution in [0.15, 0.2) is 47.6 Å². The van der Waals surface area contributed by atoms with Gasteiger partial charge in [0.1, 0.15) is 0 Å². The lowest BCUT2D eigenvalue weighted by atomic mass is 10.3. The maximum atomic E-state index is 12.3. The predicted octanol–water partition coefficient (Wildman–Crippen LogP) is 4.06. The summed E-state index contributed by atoms with van der Waals surface area (Å²) in [5, 5.41) is 4.37. The Morgan fingerprint density at radius 3 is 2.78 bits per heavy atom. The SMILES string of the molecule is CN(CC(=O)Nc1ccccc1Cl)C(=O)CSc1nc2ccc(Cl)cc2[nH]1. The first-order chi connectivity index (χ1) is 12.9. The number of carbonyl (C=O) groups is 2. The number of nitrogens with zero attached hydrogens (tertiary/aromatic N) is 2. The number of thioether (sulfide) groups is 1. The first-order valence-corrected chi connectivity index (χ1v) is 9.73. The highest BCUT2D eigenvalue weighted by Gasteiger charge is 2.15. The summed E-state index contributed by atoms with van der Waals surface area (Å²) in [5.74, 6) is -0.348. The van der Waals surface area contributed by atoms with Crippen molar-refractivity contribution in [2.45, 2.75) is 5.16 Å². The zero-order valence-corrected chi connectivity index (χ0v) is 16.7. The number of para-hydroxylation sites is 1. The molecule has 27 heavy (non-hydrogen) atoms. The summed E-state index contributed by atoms with van der Waals surface area (Å²) in [7, 11) is 1.58. The second-order valence-corrected chi connectivity index (χ2v) is 7.58. The fraction of sp³-hybridized carbons (Fsp3) is 0.167. The average Bonchev–Trinajstić information content (AvgIpc) is 3.03. The fourth-order valence-corrected chi connectivity index (χ4v) is 3.50. The number of rotatable bonds is 6. The molecule has 1 heterocycles. The molecule has 0 aliphatic rings. The van der Waals surface area contributed by atoms with Gasteiger partial charge in [-0.05, 0) is 30.3 Å². The van der Waals surface area contributed by atoms with Crippen LogP contribution >= 0.6 is 35.0 Å². The Kier molecular flexibility index (Phi) is 6.26. The number of benzene rings is 2. The number of halogens is 2. The molecule has 3 aromatic rings. The zero-order valence-electron chi connectivity index (χ0n) is 14.3. The number of anilines is 1. The molecule has 9 heteroatoms. The largest absolute Gasteiger partial charge is 0.336 e. The summed E-state index contributed by atoms with van der Waals surface area (Å²) in [6.45, 7) is -0.0691. The van der Waals surface area contributed by atoms with Gasteiger partial charge in [0.25, 0.3) is 0 Å². The van der Waals surface area contributed by atoms with Crippen LogP contribution in [0.2, 0.25) is 10.0 Å². The maximum absolute atomic E-state index is 12.3. The van der Waals surface area contributed by atoms with E-state index in [1.165, 1.54) is 16.7 Å². The monoisotopic (exact) mass is 422 g/mol. The van der Waals surface area contributed by atoms with E-state index in [1.807, 2.05) is 6.07 Å². The minimum Gasteiger partial charge on any atom is -0.336 e. The number of aromatic nitrogens is 2. The second-order valence-electron chi connectivity index (χ2n) is 5.77. The molecule has 0 saturated heterocycles. The molecule has 0 unspecified atom stereocenters. The Balaban J connectivity index is 1.52. The van der Waals surface area contributed by atoms with Crippen molar-refractivity contribution in [1.29, 1.82) is 0 Å². The third kappa shape index (κ3) is 5.15. The highest BCUT2D eigenvalue weighted by molar-refractivity contribution is 7.99. The van der Waals surface area contributed by atoms with Gasteiger partial charge >= 0.3 is 0 Å². The van der Waals surface area contributed by atoms with E-state index >= 15 is 0 Å². The number of aromatic amines is 1.